The maximum atomic E-state index is 12.3. The van der Waals surface area contributed by atoms with Gasteiger partial charge in [-0.25, -0.2) is 0 Å². The van der Waals surface area contributed by atoms with E-state index in [1.165, 1.54) is 13.8 Å². The molecule has 3 aliphatic rings. The molecule has 0 saturated carbocycles. The minimum atomic E-state index is -1.68. The van der Waals surface area contributed by atoms with E-state index >= 15 is 0 Å². The van der Waals surface area contributed by atoms with Gasteiger partial charge in [0.1, 0.15) is 48.8 Å². The zero-order valence-electron chi connectivity index (χ0n) is 23.2. The van der Waals surface area contributed by atoms with Crippen LogP contribution in [0.25, 0.3) is 0 Å². The summed E-state index contributed by atoms with van der Waals surface area (Å²) >= 11 is 0. The number of aliphatic hydroxyl groups excluding tert-OH is 7. The number of amides is 1. The summed E-state index contributed by atoms with van der Waals surface area (Å²) in [6.45, 7) is 8.79. The summed E-state index contributed by atoms with van der Waals surface area (Å²) in [5.41, 5.74) is -0.608. The summed E-state index contributed by atoms with van der Waals surface area (Å²) in [4.78, 5) is 12.3. The molecule has 0 aromatic heterocycles. The van der Waals surface area contributed by atoms with Gasteiger partial charge in [0.2, 0.25) is 5.91 Å². The maximum absolute atomic E-state index is 12.3. The Morgan fingerprint density at radius 3 is 1.87 bits per heavy atom. The molecule has 3 aliphatic heterocycles. The van der Waals surface area contributed by atoms with E-state index in [-0.39, 0.29) is 0 Å². The van der Waals surface area contributed by atoms with Crippen LogP contribution in [0.3, 0.4) is 0 Å². The van der Waals surface area contributed by atoms with E-state index in [4.69, 9.17) is 23.7 Å². The van der Waals surface area contributed by atoms with Crippen LogP contribution < -0.4 is 5.32 Å². The number of rotatable bonds is 7. The number of ether oxygens (including phenoxy) is 5. The summed E-state index contributed by atoms with van der Waals surface area (Å²) < 4.78 is 29.8. The molecule has 0 aliphatic carbocycles. The topological polar surface area (TPSA) is 217 Å². The Morgan fingerprint density at radius 2 is 1.33 bits per heavy atom. The first-order valence-electron chi connectivity index (χ1n) is 13.3. The van der Waals surface area contributed by atoms with Crippen molar-refractivity contribution in [2.24, 2.45) is 11.3 Å². The minimum absolute atomic E-state index is 0.437. The van der Waals surface area contributed by atoms with Crippen LogP contribution >= 0.6 is 0 Å². The van der Waals surface area contributed by atoms with E-state index in [0.717, 1.165) is 0 Å². The smallest absolute Gasteiger partial charge is 0.217 e. The molecule has 14 heteroatoms. The fourth-order valence-corrected chi connectivity index (χ4v) is 5.37. The monoisotopic (exact) mass is 567 g/mol. The molecule has 1 amide bonds. The number of aliphatic hydroxyl groups is 7. The SMILES string of the molecule is CC(=O)NC1[C@@H](O[C@@H]2OC(C)[C@@H](O)[C@H](O)C2O)[C@H](O[C@@H]2OC(CO)[C@H](O)[C@H](C)C2O)C(CO)O[C@H]1C(C)(C)C. The molecule has 228 valence electrons. The van der Waals surface area contributed by atoms with E-state index in [9.17, 15) is 40.5 Å². The van der Waals surface area contributed by atoms with Crippen LogP contribution in [0.1, 0.15) is 41.5 Å². The number of hydrogen-bond donors (Lipinski definition) is 8. The molecule has 15 atom stereocenters. The minimum Gasteiger partial charge on any atom is -0.394 e. The van der Waals surface area contributed by atoms with Crippen molar-refractivity contribution >= 4 is 5.91 Å². The quantitative estimate of drug-likeness (QED) is 0.154. The van der Waals surface area contributed by atoms with Gasteiger partial charge in [-0.3, -0.25) is 4.79 Å². The van der Waals surface area contributed by atoms with Crippen molar-refractivity contribution in [3.8, 4) is 0 Å². The lowest BCUT2D eigenvalue weighted by Gasteiger charge is -2.53. The van der Waals surface area contributed by atoms with E-state index in [1.807, 2.05) is 20.8 Å². The zero-order valence-corrected chi connectivity index (χ0v) is 23.2. The Hall–Kier alpha value is -1.01. The third kappa shape index (κ3) is 6.90. The second-order valence-electron chi connectivity index (χ2n) is 11.8. The molecular weight excluding hydrogens is 522 g/mol. The van der Waals surface area contributed by atoms with Crippen LogP contribution in [-0.4, -0.2) is 141 Å². The summed E-state index contributed by atoms with van der Waals surface area (Å²) in [6.07, 6.45) is -16.3. The fourth-order valence-electron chi connectivity index (χ4n) is 5.37. The van der Waals surface area contributed by atoms with Crippen LogP contribution in [0.5, 0.6) is 0 Å². The molecule has 0 aromatic carbocycles. The number of carbonyl (C=O) groups excluding carboxylic acids is 1. The van der Waals surface area contributed by atoms with Gasteiger partial charge in [-0.2, -0.15) is 0 Å². The molecule has 0 bridgehead atoms. The Bertz CT molecular complexity index is 809. The van der Waals surface area contributed by atoms with Gasteiger partial charge in [0.25, 0.3) is 0 Å². The van der Waals surface area contributed by atoms with Crippen molar-refractivity contribution in [2.45, 2.75) is 127 Å². The molecule has 0 aromatic rings. The lowest BCUT2D eigenvalue weighted by molar-refractivity contribution is -0.360. The van der Waals surface area contributed by atoms with Crippen molar-refractivity contribution in [3.63, 3.8) is 0 Å². The largest absolute Gasteiger partial charge is 0.394 e. The molecular formula is C25H45NO13. The molecule has 6 unspecified atom stereocenters. The second-order valence-corrected chi connectivity index (χ2v) is 11.8. The van der Waals surface area contributed by atoms with Crippen LogP contribution in [0, 0.1) is 11.3 Å². The standard InChI is InChI=1S/C25H45NO13/c1-9-15(30)12(7-27)37-23(16(9)31)38-20-13(8-28)36-22(25(4,5)6)14(26-11(3)29)21(20)39-24-19(34)18(33)17(32)10(2)35-24/h9-10,12-24,27-28,30-34H,7-8H2,1-6H3,(H,26,29)/t9-,10?,12?,13?,14?,15+,16?,17+,18-,19?,20+,21+,22+,23-,24-/m0/s1. The van der Waals surface area contributed by atoms with Gasteiger partial charge in [0.05, 0.1) is 37.6 Å². The average molecular weight is 568 g/mol. The van der Waals surface area contributed by atoms with Crippen molar-refractivity contribution < 1.29 is 64.2 Å². The van der Waals surface area contributed by atoms with Gasteiger partial charge in [0.15, 0.2) is 12.6 Å². The molecule has 0 radical (unpaired) electrons. The maximum Gasteiger partial charge on any atom is 0.217 e. The van der Waals surface area contributed by atoms with Crippen molar-refractivity contribution in [1.29, 1.82) is 0 Å². The Morgan fingerprint density at radius 1 is 0.769 bits per heavy atom. The predicted octanol–water partition coefficient (Wildman–Crippen LogP) is -3.03. The Kier molecular flexibility index (Phi) is 10.7. The molecule has 3 saturated heterocycles. The third-order valence-corrected chi connectivity index (χ3v) is 7.71. The molecule has 3 heterocycles. The highest BCUT2D eigenvalue weighted by Gasteiger charge is 2.55. The molecule has 3 fully saturated rings. The van der Waals surface area contributed by atoms with E-state index in [0.29, 0.717) is 0 Å². The van der Waals surface area contributed by atoms with Crippen molar-refractivity contribution in [2.75, 3.05) is 13.2 Å². The highest BCUT2D eigenvalue weighted by molar-refractivity contribution is 5.73. The van der Waals surface area contributed by atoms with E-state index in [1.54, 1.807) is 6.92 Å². The van der Waals surface area contributed by atoms with Crippen LogP contribution in [-0.2, 0) is 28.5 Å². The van der Waals surface area contributed by atoms with Gasteiger partial charge >= 0.3 is 0 Å². The fraction of sp³-hybridized carbons (Fsp3) is 0.960. The van der Waals surface area contributed by atoms with Crippen molar-refractivity contribution in [1.82, 2.24) is 5.32 Å². The van der Waals surface area contributed by atoms with E-state index in [2.05, 4.69) is 5.32 Å². The summed E-state index contributed by atoms with van der Waals surface area (Å²) in [5, 5.41) is 75.1. The lowest BCUT2D eigenvalue weighted by Crippen LogP contribution is -2.70. The van der Waals surface area contributed by atoms with Gasteiger partial charge in [0, 0.05) is 12.8 Å². The average Bonchev–Trinajstić information content (AvgIpc) is 2.86. The van der Waals surface area contributed by atoms with Gasteiger partial charge in [-0.15, -0.1) is 0 Å². The summed E-state index contributed by atoms with van der Waals surface area (Å²) in [6, 6.07) is -0.942. The Balaban J connectivity index is 2.02. The van der Waals surface area contributed by atoms with Crippen LogP contribution in [0.15, 0.2) is 0 Å². The number of hydrogen-bond acceptors (Lipinski definition) is 13. The first-order valence-corrected chi connectivity index (χ1v) is 13.3. The molecule has 14 nitrogen and oxygen atoms in total. The van der Waals surface area contributed by atoms with Crippen molar-refractivity contribution in [3.05, 3.63) is 0 Å². The van der Waals surface area contributed by atoms with Crippen LogP contribution in [0.2, 0.25) is 0 Å². The molecule has 0 spiro atoms. The highest BCUT2D eigenvalue weighted by atomic mass is 16.7. The predicted molar refractivity (Wildman–Crippen MR) is 132 cm³/mol. The summed E-state index contributed by atoms with van der Waals surface area (Å²) in [7, 11) is 0. The van der Waals surface area contributed by atoms with Gasteiger partial charge in [-0.1, -0.05) is 27.7 Å². The molecule has 39 heavy (non-hydrogen) atoms. The number of nitrogens with one attached hydrogen (secondary N) is 1. The molecule has 8 N–H and O–H groups in total. The van der Waals surface area contributed by atoms with Crippen LogP contribution in [0.4, 0.5) is 0 Å². The number of carbonyl (C=O) groups is 1. The van der Waals surface area contributed by atoms with E-state index < -0.39 is 116 Å². The molecule has 3 rings (SSSR count). The van der Waals surface area contributed by atoms with Gasteiger partial charge < -0.3 is 64.7 Å². The lowest BCUT2D eigenvalue weighted by atomic mass is 9.78. The second kappa shape index (κ2) is 12.9. The first kappa shape index (κ1) is 32.5. The third-order valence-electron chi connectivity index (χ3n) is 7.71. The Labute approximate surface area is 227 Å². The van der Waals surface area contributed by atoms with Gasteiger partial charge in [-0.05, 0) is 12.3 Å². The zero-order chi connectivity index (χ0) is 29.4. The summed E-state index contributed by atoms with van der Waals surface area (Å²) in [5.74, 6) is -1.19. The highest BCUT2D eigenvalue weighted by Crippen LogP contribution is 2.38. The normalized spacial score (nSPS) is 47.6. The first-order chi connectivity index (χ1) is 18.1.